The lowest BCUT2D eigenvalue weighted by atomic mass is 9.94. The van der Waals surface area contributed by atoms with Crippen molar-refractivity contribution < 1.29 is 0 Å². The van der Waals surface area contributed by atoms with Crippen molar-refractivity contribution in [3.63, 3.8) is 0 Å². The summed E-state index contributed by atoms with van der Waals surface area (Å²) in [6.45, 7) is 4.29. The van der Waals surface area contributed by atoms with Gasteiger partial charge in [0.15, 0.2) is 0 Å². The molecular formula is C15H17N3. The first-order valence-corrected chi connectivity index (χ1v) is 6.41. The molecule has 1 aliphatic rings. The van der Waals surface area contributed by atoms with E-state index >= 15 is 0 Å². The molecule has 1 aliphatic carbocycles. The Morgan fingerprint density at radius 3 is 3.06 bits per heavy atom. The van der Waals surface area contributed by atoms with Crippen LogP contribution in [0.4, 0.5) is 0 Å². The highest BCUT2D eigenvalue weighted by Crippen LogP contribution is 2.23. The van der Waals surface area contributed by atoms with Gasteiger partial charge in [0.2, 0.25) is 0 Å². The number of hydrogen-bond donors (Lipinski definition) is 0. The van der Waals surface area contributed by atoms with E-state index in [4.69, 9.17) is 0 Å². The zero-order valence-corrected chi connectivity index (χ0v) is 10.7. The highest BCUT2D eigenvalue weighted by molar-refractivity contribution is 5.45. The molecule has 0 aliphatic heterocycles. The molecule has 0 bridgehead atoms. The number of hydrogen-bond acceptors (Lipinski definition) is 2. The fourth-order valence-corrected chi connectivity index (χ4v) is 2.31. The van der Waals surface area contributed by atoms with Crippen LogP contribution in [0.3, 0.4) is 0 Å². The molecule has 92 valence electrons. The predicted molar refractivity (Wildman–Crippen MR) is 72.4 cm³/mol. The van der Waals surface area contributed by atoms with Gasteiger partial charge >= 0.3 is 0 Å². The summed E-state index contributed by atoms with van der Waals surface area (Å²) in [5, 5.41) is 6.74. The first-order valence-electron chi connectivity index (χ1n) is 6.41. The molecule has 1 unspecified atom stereocenters. The lowest BCUT2D eigenvalue weighted by molar-refractivity contribution is 0.532. The first-order chi connectivity index (χ1) is 8.74. The Balaban J connectivity index is 1.97. The van der Waals surface area contributed by atoms with Crippen LogP contribution < -0.4 is 10.6 Å². The van der Waals surface area contributed by atoms with E-state index in [1.54, 1.807) is 0 Å². The van der Waals surface area contributed by atoms with E-state index in [1.807, 2.05) is 23.1 Å². The van der Waals surface area contributed by atoms with Crippen LogP contribution in [0.5, 0.6) is 0 Å². The van der Waals surface area contributed by atoms with Gasteiger partial charge in [-0.3, -0.25) is 9.67 Å². The molecule has 3 heteroatoms. The Kier molecular flexibility index (Phi) is 2.74. The van der Waals surface area contributed by atoms with E-state index in [2.05, 4.69) is 48.3 Å². The van der Waals surface area contributed by atoms with Gasteiger partial charge in [0.25, 0.3) is 0 Å². The molecule has 2 heterocycles. The van der Waals surface area contributed by atoms with E-state index in [0.717, 1.165) is 11.8 Å². The predicted octanol–water partition coefficient (Wildman–Crippen LogP) is 1.61. The minimum atomic E-state index is 0.403. The highest BCUT2D eigenvalue weighted by Gasteiger charge is 2.13. The zero-order valence-electron chi connectivity index (χ0n) is 10.7. The van der Waals surface area contributed by atoms with Crippen molar-refractivity contribution in [3.8, 4) is 0 Å². The third-order valence-electron chi connectivity index (χ3n) is 3.40. The van der Waals surface area contributed by atoms with Crippen molar-refractivity contribution in [1.82, 2.24) is 14.8 Å². The summed E-state index contributed by atoms with van der Waals surface area (Å²) < 4.78 is 2.01. The van der Waals surface area contributed by atoms with Crippen LogP contribution in [0.2, 0.25) is 0 Å². The summed E-state index contributed by atoms with van der Waals surface area (Å²) in [5.74, 6) is 0.403. The lowest BCUT2D eigenvalue weighted by Gasteiger charge is -2.11. The van der Waals surface area contributed by atoms with Gasteiger partial charge in [-0.25, -0.2) is 0 Å². The topological polar surface area (TPSA) is 30.7 Å². The largest absolute Gasteiger partial charge is 0.270 e. The average Bonchev–Trinajstić information content (AvgIpc) is 2.88. The average molecular weight is 239 g/mol. The minimum Gasteiger partial charge on any atom is -0.270 e. The quantitative estimate of drug-likeness (QED) is 0.797. The minimum absolute atomic E-state index is 0.403. The molecule has 3 nitrogen and oxygen atoms in total. The molecule has 0 saturated heterocycles. The molecule has 0 saturated carbocycles. The Hall–Kier alpha value is -1.90. The summed E-state index contributed by atoms with van der Waals surface area (Å²) in [6, 6.07) is 4.52. The maximum atomic E-state index is 4.42. The second-order valence-corrected chi connectivity index (χ2v) is 5.04. The zero-order chi connectivity index (χ0) is 12.5. The van der Waals surface area contributed by atoms with Gasteiger partial charge in [0, 0.05) is 24.4 Å². The molecule has 0 amide bonds. The van der Waals surface area contributed by atoms with Crippen molar-refractivity contribution in [3.05, 3.63) is 46.9 Å². The number of nitrogens with zero attached hydrogens (tertiary/aromatic N) is 3. The molecule has 3 rings (SSSR count). The molecule has 0 N–H and O–H groups in total. The van der Waals surface area contributed by atoms with Gasteiger partial charge in [-0.2, -0.15) is 5.10 Å². The van der Waals surface area contributed by atoms with Gasteiger partial charge in [0.1, 0.15) is 0 Å². The molecular weight excluding hydrogens is 222 g/mol. The van der Waals surface area contributed by atoms with Gasteiger partial charge < -0.3 is 0 Å². The highest BCUT2D eigenvalue weighted by atomic mass is 15.3. The van der Waals surface area contributed by atoms with Crippen molar-refractivity contribution in [2.45, 2.75) is 32.2 Å². The smallest absolute Gasteiger partial charge is 0.0665 e. The van der Waals surface area contributed by atoms with Crippen LogP contribution in [0.15, 0.2) is 30.7 Å². The van der Waals surface area contributed by atoms with E-state index in [9.17, 15) is 0 Å². The maximum Gasteiger partial charge on any atom is 0.0665 e. The molecule has 2 aromatic heterocycles. The number of rotatable bonds is 2. The standard InChI is InChI=1S/C15H17N3/c1-11(2)18-10-14(9-17-18)13-6-5-12-4-3-7-16-15(12)8-13/h3-5,7-11,13H,6H2,1-2H3. The molecule has 0 fully saturated rings. The summed E-state index contributed by atoms with van der Waals surface area (Å²) in [6.07, 6.45) is 11.5. The molecule has 18 heavy (non-hydrogen) atoms. The van der Waals surface area contributed by atoms with Gasteiger partial charge in [-0.15, -0.1) is 0 Å². The van der Waals surface area contributed by atoms with Gasteiger partial charge in [-0.05, 0) is 37.1 Å². The van der Waals surface area contributed by atoms with Crippen LogP contribution in [0, 0.1) is 0 Å². The Labute approximate surface area is 106 Å². The molecule has 0 radical (unpaired) electrons. The van der Waals surface area contributed by atoms with Crippen LogP contribution in [0.1, 0.15) is 37.8 Å². The van der Waals surface area contributed by atoms with E-state index < -0.39 is 0 Å². The lowest BCUT2D eigenvalue weighted by Crippen LogP contribution is -2.30. The molecule has 2 aromatic rings. The molecule has 0 spiro atoms. The third-order valence-corrected chi connectivity index (χ3v) is 3.40. The molecule has 1 atom stereocenters. The number of aromatic nitrogens is 3. The van der Waals surface area contributed by atoms with Crippen LogP contribution >= 0.6 is 0 Å². The maximum absolute atomic E-state index is 4.42. The third kappa shape index (κ3) is 1.96. The Bertz CT molecular complexity index is 667. The molecule has 0 aromatic carbocycles. The van der Waals surface area contributed by atoms with Crippen LogP contribution in [0.25, 0.3) is 12.2 Å². The number of fused-ring (bicyclic) bond motifs is 1. The van der Waals surface area contributed by atoms with Gasteiger partial charge in [-0.1, -0.05) is 18.2 Å². The van der Waals surface area contributed by atoms with E-state index in [1.165, 1.54) is 10.8 Å². The second kappa shape index (κ2) is 4.41. The summed E-state index contributed by atoms with van der Waals surface area (Å²) in [7, 11) is 0. The van der Waals surface area contributed by atoms with Crippen molar-refractivity contribution in [2.24, 2.45) is 0 Å². The van der Waals surface area contributed by atoms with Crippen molar-refractivity contribution in [1.29, 1.82) is 0 Å². The summed E-state index contributed by atoms with van der Waals surface area (Å²) in [5.41, 5.74) is 1.27. The number of pyridine rings is 1. The van der Waals surface area contributed by atoms with Crippen LogP contribution in [-0.2, 0) is 0 Å². The second-order valence-electron chi connectivity index (χ2n) is 5.04. The monoisotopic (exact) mass is 239 g/mol. The Morgan fingerprint density at radius 1 is 1.39 bits per heavy atom. The fourth-order valence-electron chi connectivity index (χ4n) is 2.31. The Morgan fingerprint density at radius 2 is 2.28 bits per heavy atom. The van der Waals surface area contributed by atoms with Crippen molar-refractivity contribution in [2.75, 3.05) is 0 Å². The van der Waals surface area contributed by atoms with Gasteiger partial charge in [0.05, 0.1) is 11.5 Å². The van der Waals surface area contributed by atoms with E-state index in [0.29, 0.717) is 12.0 Å². The normalized spacial score (nSPS) is 18.1. The van der Waals surface area contributed by atoms with Crippen molar-refractivity contribution >= 4 is 12.2 Å². The fraction of sp³-hybridized carbons (Fsp3) is 0.333. The SMILES string of the molecule is CC(C)n1cc(C2C=c3ncccc3=CC2)cn1. The van der Waals surface area contributed by atoms with Crippen LogP contribution in [-0.4, -0.2) is 14.8 Å². The van der Waals surface area contributed by atoms with E-state index in [-0.39, 0.29) is 0 Å². The summed E-state index contributed by atoms with van der Waals surface area (Å²) >= 11 is 0. The summed E-state index contributed by atoms with van der Waals surface area (Å²) in [4.78, 5) is 4.42. The first kappa shape index (κ1) is 11.2.